The van der Waals surface area contributed by atoms with Crippen molar-refractivity contribution >= 4 is 23.3 Å². The molecule has 3 nitrogen and oxygen atoms in total. The molecule has 2 aromatic carbocycles. The maximum atomic E-state index is 13.0. The second kappa shape index (κ2) is 5.88. The Morgan fingerprint density at radius 3 is 2.60 bits per heavy atom. The number of anilines is 1. The maximum absolute atomic E-state index is 13.0. The molecule has 2 rings (SSSR count). The summed E-state index contributed by atoms with van der Waals surface area (Å²) in [5.41, 5.74) is 6.32. The van der Waals surface area contributed by atoms with Crippen molar-refractivity contribution < 1.29 is 18.3 Å². The second-order valence-electron chi connectivity index (χ2n) is 4.06. The Labute approximate surface area is 118 Å². The molecular formula is C14H10ClF2NO2. The number of carbonyl (C=O) groups is 1. The molecule has 0 amide bonds. The predicted molar refractivity (Wildman–Crippen MR) is 71.3 cm³/mol. The van der Waals surface area contributed by atoms with Crippen molar-refractivity contribution in [2.45, 2.75) is 6.61 Å². The third-order valence-electron chi connectivity index (χ3n) is 2.59. The van der Waals surface area contributed by atoms with Crippen LogP contribution >= 0.6 is 11.6 Å². The van der Waals surface area contributed by atoms with E-state index >= 15 is 0 Å². The summed E-state index contributed by atoms with van der Waals surface area (Å²) in [6.45, 7) is -0.192. The molecule has 0 saturated heterocycles. The maximum Gasteiger partial charge on any atom is 0.340 e. The van der Waals surface area contributed by atoms with Crippen LogP contribution in [0.25, 0.3) is 0 Å². The van der Waals surface area contributed by atoms with Gasteiger partial charge in [-0.15, -0.1) is 0 Å². The van der Waals surface area contributed by atoms with E-state index in [1.807, 2.05) is 0 Å². The van der Waals surface area contributed by atoms with Crippen molar-refractivity contribution in [2.75, 3.05) is 5.73 Å². The van der Waals surface area contributed by atoms with Gasteiger partial charge in [0.2, 0.25) is 0 Å². The smallest absolute Gasteiger partial charge is 0.340 e. The molecule has 20 heavy (non-hydrogen) atoms. The van der Waals surface area contributed by atoms with Crippen LogP contribution in [0, 0.1) is 11.6 Å². The molecule has 104 valence electrons. The van der Waals surface area contributed by atoms with Crippen molar-refractivity contribution in [3.05, 3.63) is 64.2 Å². The summed E-state index contributed by atoms with van der Waals surface area (Å²) in [5, 5.41) is 0.346. The average Bonchev–Trinajstić information content (AvgIpc) is 2.42. The summed E-state index contributed by atoms with van der Waals surface area (Å²) in [7, 11) is 0. The summed E-state index contributed by atoms with van der Waals surface area (Å²) < 4.78 is 30.7. The van der Waals surface area contributed by atoms with Crippen molar-refractivity contribution in [1.29, 1.82) is 0 Å². The molecule has 0 radical (unpaired) electrons. The highest BCUT2D eigenvalue weighted by Gasteiger charge is 2.12. The Bertz CT molecular complexity index is 662. The Hall–Kier alpha value is -2.14. The third kappa shape index (κ3) is 3.24. The molecule has 0 aliphatic carbocycles. The van der Waals surface area contributed by atoms with Gasteiger partial charge in [0.05, 0.1) is 5.56 Å². The van der Waals surface area contributed by atoms with Crippen LogP contribution in [0.15, 0.2) is 36.4 Å². The van der Waals surface area contributed by atoms with Gasteiger partial charge in [0.1, 0.15) is 6.61 Å². The zero-order chi connectivity index (χ0) is 14.7. The van der Waals surface area contributed by atoms with Gasteiger partial charge >= 0.3 is 5.97 Å². The Morgan fingerprint density at radius 2 is 1.90 bits per heavy atom. The number of hydrogen-bond acceptors (Lipinski definition) is 3. The number of halogens is 3. The zero-order valence-corrected chi connectivity index (χ0v) is 11.0. The molecule has 0 aromatic heterocycles. The monoisotopic (exact) mass is 297 g/mol. The molecule has 2 aromatic rings. The molecule has 0 saturated carbocycles. The standard InChI is InChI=1S/C14H10ClF2NO2/c15-9-2-4-13(18)10(6-9)14(19)20-7-8-1-3-11(16)12(17)5-8/h1-6H,7,18H2. The molecule has 0 aliphatic rings. The SMILES string of the molecule is Nc1ccc(Cl)cc1C(=O)OCc1ccc(F)c(F)c1. The van der Waals surface area contributed by atoms with Gasteiger partial charge < -0.3 is 10.5 Å². The van der Waals surface area contributed by atoms with Crippen LogP contribution in [0.4, 0.5) is 14.5 Å². The van der Waals surface area contributed by atoms with E-state index in [-0.39, 0.29) is 17.9 Å². The molecule has 0 fully saturated rings. The largest absolute Gasteiger partial charge is 0.457 e. The van der Waals surface area contributed by atoms with Gasteiger partial charge in [-0.3, -0.25) is 0 Å². The lowest BCUT2D eigenvalue weighted by Crippen LogP contribution is -2.08. The van der Waals surface area contributed by atoms with Gasteiger partial charge in [0.15, 0.2) is 11.6 Å². The van der Waals surface area contributed by atoms with E-state index in [4.69, 9.17) is 22.1 Å². The summed E-state index contributed by atoms with van der Waals surface area (Å²) in [4.78, 5) is 11.8. The van der Waals surface area contributed by atoms with E-state index < -0.39 is 17.6 Å². The van der Waals surface area contributed by atoms with E-state index in [9.17, 15) is 13.6 Å². The quantitative estimate of drug-likeness (QED) is 0.696. The third-order valence-corrected chi connectivity index (χ3v) is 2.82. The number of rotatable bonds is 3. The number of nitrogen functional groups attached to an aromatic ring is 1. The van der Waals surface area contributed by atoms with Gasteiger partial charge in [-0.2, -0.15) is 0 Å². The van der Waals surface area contributed by atoms with Crippen molar-refractivity contribution in [3.63, 3.8) is 0 Å². The van der Waals surface area contributed by atoms with Crippen LogP contribution in [0.5, 0.6) is 0 Å². The second-order valence-corrected chi connectivity index (χ2v) is 4.49. The first kappa shape index (κ1) is 14.3. The van der Waals surface area contributed by atoms with Crippen molar-refractivity contribution in [2.24, 2.45) is 0 Å². The number of carbonyl (C=O) groups excluding carboxylic acids is 1. The van der Waals surface area contributed by atoms with E-state index in [2.05, 4.69) is 0 Å². The lowest BCUT2D eigenvalue weighted by Gasteiger charge is -2.07. The topological polar surface area (TPSA) is 52.3 Å². The lowest BCUT2D eigenvalue weighted by molar-refractivity contribution is 0.0473. The summed E-state index contributed by atoms with van der Waals surface area (Å²) >= 11 is 5.76. The predicted octanol–water partition coefficient (Wildman–Crippen LogP) is 3.56. The van der Waals surface area contributed by atoms with Crippen LogP contribution < -0.4 is 5.73 Å². The normalized spacial score (nSPS) is 10.3. The summed E-state index contributed by atoms with van der Waals surface area (Å²) in [5.74, 6) is -2.64. The fourth-order valence-electron chi connectivity index (χ4n) is 1.56. The first-order valence-electron chi connectivity index (χ1n) is 5.63. The van der Waals surface area contributed by atoms with Crippen molar-refractivity contribution in [1.82, 2.24) is 0 Å². The molecule has 0 spiro atoms. The molecule has 0 aliphatic heterocycles. The van der Waals surface area contributed by atoms with Gasteiger partial charge in [-0.1, -0.05) is 17.7 Å². The van der Waals surface area contributed by atoms with Crippen LogP contribution in [0.2, 0.25) is 5.02 Å². The molecular weight excluding hydrogens is 288 g/mol. The zero-order valence-electron chi connectivity index (χ0n) is 10.2. The molecule has 0 atom stereocenters. The summed E-state index contributed by atoms with van der Waals surface area (Å²) in [6.07, 6.45) is 0. The van der Waals surface area contributed by atoms with Gasteiger partial charge in [0, 0.05) is 10.7 Å². The van der Waals surface area contributed by atoms with E-state index in [1.54, 1.807) is 6.07 Å². The van der Waals surface area contributed by atoms with Gasteiger partial charge in [-0.05, 0) is 35.9 Å². The number of nitrogens with two attached hydrogens (primary N) is 1. The number of hydrogen-bond donors (Lipinski definition) is 1. The Balaban J connectivity index is 2.08. The first-order chi connectivity index (χ1) is 9.47. The number of ether oxygens (including phenoxy) is 1. The highest BCUT2D eigenvalue weighted by Crippen LogP contribution is 2.19. The Kier molecular flexibility index (Phi) is 4.20. The van der Waals surface area contributed by atoms with E-state index in [1.165, 1.54) is 18.2 Å². The van der Waals surface area contributed by atoms with Crippen LogP contribution in [0.3, 0.4) is 0 Å². The van der Waals surface area contributed by atoms with Gasteiger partial charge in [0.25, 0.3) is 0 Å². The number of benzene rings is 2. The fourth-order valence-corrected chi connectivity index (χ4v) is 1.73. The molecule has 0 bridgehead atoms. The van der Waals surface area contributed by atoms with E-state index in [0.717, 1.165) is 12.1 Å². The van der Waals surface area contributed by atoms with Crippen LogP contribution in [-0.4, -0.2) is 5.97 Å². The highest BCUT2D eigenvalue weighted by molar-refractivity contribution is 6.31. The molecule has 0 unspecified atom stereocenters. The average molecular weight is 298 g/mol. The minimum atomic E-state index is -0.999. The minimum Gasteiger partial charge on any atom is -0.457 e. The van der Waals surface area contributed by atoms with Crippen molar-refractivity contribution in [3.8, 4) is 0 Å². The molecule has 0 heterocycles. The highest BCUT2D eigenvalue weighted by atomic mass is 35.5. The minimum absolute atomic E-state index is 0.125. The van der Waals surface area contributed by atoms with Crippen LogP contribution in [-0.2, 0) is 11.3 Å². The lowest BCUT2D eigenvalue weighted by atomic mass is 10.2. The Morgan fingerprint density at radius 1 is 1.15 bits per heavy atom. The molecule has 2 N–H and O–H groups in total. The fraction of sp³-hybridized carbons (Fsp3) is 0.0714. The molecule has 6 heteroatoms. The first-order valence-corrected chi connectivity index (χ1v) is 6.01. The summed E-state index contributed by atoms with van der Waals surface area (Å²) in [6, 6.07) is 7.66. The van der Waals surface area contributed by atoms with Crippen LogP contribution in [0.1, 0.15) is 15.9 Å². The van der Waals surface area contributed by atoms with E-state index in [0.29, 0.717) is 10.6 Å². The number of esters is 1. The van der Waals surface area contributed by atoms with Gasteiger partial charge in [-0.25, -0.2) is 13.6 Å².